The fraction of sp³-hybridized carbons (Fsp3) is 0.700. The second-order valence-corrected chi connectivity index (χ2v) is 3.58. The monoisotopic (exact) mass is 248 g/mol. The van der Waals surface area contributed by atoms with Crippen LogP contribution in [0.3, 0.4) is 0 Å². The maximum Gasteiger partial charge on any atom is 0.330 e. The fourth-order valence-corrected chi connectivity index (χ4v) is 1.47. The van der Waals surface area contributed by atoms with Crippen molar-refractivity contribution < 1.29 is 34.3 Å². The van der Waals surface area contributed by atoms with Crippen LogP contribution in [-0.2, 0) is 19.0 Å². The minimum absolute atomic E-state index is 0.268. The SMILES string of the molecule is C=CC(=O)OC[C@H]1O[C@@H](OC)[C@H](O)[C@@H](O)[C@H]1O. The quantitative estimate of drug-likeness (QED) is 0.397. The third-order valence-electron chi connectivity index (χ3n) is 2.46. The minimum atomic E-state index is -1.43. The van der Waals surface area contributed by atoms with Crippen LogP contribution in [0.5, 0.6) is 0 Å². The molecule has 1 fully saturated rings. The van der Waals surface area contributed by atoms with Gasteiger partial charge in [0.1, 0.15) is 31.0 Å². The van der Waals surface area contributed by atoms with E-state index in [1.54, 1.807) is 0 Å². The van der Waals surface area contributed by atoms with Gasteiger partial charge in [0.2, 0.25) is 0 Å². The average Bonchev–Trinajstić information content (AvgIpc) is 2.34. The Morgan fingerprint density at radius 2 is 2.00 bits per heavy atom. The lowest BCUT2D eigenvalue weighted by atomic mass is 9.99. The lowest BCUT2D eigenvalue weighted by molar-refractivity contribution is -0.294. The molecule has 17 heavy (non-hydrogen) atoms. The number of methoxy groups -OCH3 is 1. The second-order valence-electron chi connectivity index (χ2n) is 3.58. The Labute approximate surface area is 98.2 Å². The van der Waals surface area contributed by atoms with E-state index in [2.05, 4.69) is 11.3 Å². The number of esters is 1. The predicted octanol–water partition coefficient (Wildman–Crippen LogP) is -1.83. The Morgan fingerprint density at radius 3 is 2.53 bits per heavy atom. The molecule has 0 aromatic heterocycles. The van der Waals surface area contributed by atoms with Gasteiger partial charge < -0.3 is 29.5 Å². The molecule has 1 aliphatic rings. The Kier molecular flexibility index (Phi) is 5.03. The Balaban J connectivity index is 2.59. The summed E-state index contributed by atoms with van der Waals surface area (Å²) in [6.07, 6.45) is -5.24. The van der Waals surface area contributed by atoms with E-state index in [9.17, 15) is 20.1 Å². The van der Waals surface area contributed by atoms with Crippen LogP contribution in [0.15, 0.2) is 12.7 Å². The first kappa shape index (κ1) is 14.1. The lowest BCUT2D eigenvalue weighted by Crippen LogP contribution is -2.59. The average molecular weight is 248 g/mol. The number of hydrogen-bond donors (Lipinski definition) is 3. The number of hydrogen-bond acceptors (Lipinski definition) is 7. The zero-order chi connectivity index (χ0) is 13.0. The van der Waals surface area contributed by atoms with Crippen LogP contribution in [0.25, 0.3) is 0 Å². The number of aliphatic hydroxyl groups is 3. The lowest BCUT2D eigenvalue weighted by Gasteiger charge is -2.39. The van der Waals surface area contributed by atoms with Crippen molar-refractivity contribution in [3.63, 3.8) is 0 Å². The molecular formula is C10H16O7. The molecule has 3 N–H and O–H groups in total. The van der Waals surface area contributed by atoms with Crippen LogP contribution >= 0.6 is 0 Å². The summed E-state index contributed by atoms with van der Waals surface area (Å²) >= 11 is 0. The summed E-state index contributed by atoms with van der Waals surface area (Å²) in [5, 5.41) is 28.6. The number of carbonyl (C=O) groups is 1. The van der Waals surface area contributed by atoms with Crippen molar-refractivity contribution in [1.29, 1.82) is 0 Å². The highest BCUT2D eigenvalue weighted by Crippen LogP contribution is 2.21. The van der Waals surface area contributed by atoms with Gasteiger partial charge in [0.25, 0.3) is 0 Å². The third kappa shape index (κ3) is 3.24. The van der Waals surface area contributed by atoms with Gasteiger partial charge in [-0.1, -0.05) is 6.58 Å². The van der Waals surface area contributed by atoms with Gasteiger partial charge >= 0.3 is 5.97 Å². The van der Waals surface area contributed by atoms with Gasteiger partial charge in [0.05, 0.1) is 0 Å². The van der Waals surface area contributed by atoms with Crippen molar-refractivity contribution in [2.75, 3.05) is 13.7 Å². The van der Waals surface area contributed by atoms with Crippen molar-refractivity contribution in [2.45, 2.75) is 30.7 Å². The normalized spacial score (nSPS) is 37.5. The highest BCUT2D eigenvalue weighted by Gasteiger charge is 2.44. The maximum atomic E-state index is 10.8. The topological polar surface area (TPSA) is 105 Å². The van der Waals surface area contributed by atoms with Gasteiger partial charge in [-0.05, 0) is 0 Å². The first-order valence-electron chi connectivity index (χ1n) is 5.03. The molecule has 1 rings (SSSR count). The van der Waals surface area contributed by atoms with Crippen LogP contribution in [0.1, 0.15) is 0 Å². The van der Waals surface area contributed by atoms with Crippen molar-refractivity contribution in [1.82, 2.24) is 0 Å². The van der Waals surface area contributed by atoms with E-state index >= 15 is 0 Å². The molecular weight excluding hydrogens is 232 g/mol. The van der Waals surface area contributed by atoms with E-state index in [-0.39, 0.29) is 6.61 Å². The Bertz CT molecular complexity index is 278. The molecule has 1 heterocycles. The van der Waals surface area contributed by atoms with E-state index in [0.29, 0.717) is 0 Å². The maximum absolute atomic E-state index is 10.8. The van der Waals surface area contributed by atoms with Gasteiger partial charge in [0, 0.05) is 13.2 Å². The number of rotatable bonds is 4. The molecule has 0 aliphatic carbocycles. The summed E-state index contributed by atoms with van der Waals surface area (Å²) in [6.45, 7) is 2.94. The van der Waals surface area contributed by atoms with E-state index in [0.717, 1.165) is 6.08 Å². The highest BCUT2D eigenvalue weighted by atomic mass is 16.7. The number of carbonyl (C=O) groups excluding carboxylic acids is 1. The molecule has 0 spiro atoms. The smallest absolute Gasteiger partial charge is 0.330 e. The molecule has 0 aromatic rings. The van der Waals surface area contributed by atoms with Crippen LogP contribution < -0.4 is 0 Å². The summed E-state index contributed by atoms with van der Waals surface area (Å²) in [7, 11) is 1.28. The van der Waals surface area contributed by atoms with Crippen molar-refractivity contribution in [2.24, 2.45) is 0 Å². The van der Waals surface area contributed by atoms with Gasteiger partial charge in [-0.3, -0.25) is 0 Å². The Hall–Kier alpha value is -0.990. The highest BCUT2D eigenvalue weighted by molar-refractivity contribution is 5.81. The summed E-state index contributed by atoms with van der Waals surface area (Å²) < 4.78 is 14.6. The van der Waals surface area contributed by atoms with Crippen molar-refractivity contribution in [3.05, 3.63) is 12.7 Å². The van der Waals surface area contributed by atoms with Gasteiger partial charge in [-0.15, -0.1) is 0 Å². The molecule has 0 amide bonds. The van der Waals surface area contributed by atoms with Gasteiger partial charge in [0.15, 0.2) is 6.29 Å². The van der Waals surface area contributed by atoms with Crippen molar-refractivity contribution >= 4 is 5.97 Å². The zero-order valence-corrected chi connectivity index (χ0v) is 9.35. The summed E-state index contributed by atoms with van der Waals surface area (Å²) in [4.78, 5) is 10.8. The Morgan fingerprint density at radius 1 is 1.35 bits per heavy atom. The third-order valence-corrected chi connectivity index (χ3v) is 2.46. The summed E-state index contributed by atoms with van der Waals surface area (Å²) in [6, 6.07) is 0. The molecule has 0 saturated carbocycles. The van der Waals surface area contributed by atoms with E-state index < -0.39 is 36.7 Å². The molecule has 1 saturated heterocycles. The molecule has 1 aliphatic heterocycles. The van der Waals surface area contributed by atoms with Gasteiger partial charge in [-0.25, -0.2) is 4.79 Å². The van der Waals surface area contributed by atoms with Crippen LogP contribution in [0.2, 0.25) is 0 Å². The molecule has 0 unspecified atom stereocenters. The zero-order valence-electron chi connectivity index (χ0n) is 9.35. The minimum Gasteiger partial charge on any atom is -0.460 e. The molecule has 0 radical (unpaired) electrons. The first-order valence-corrected chi connectivity index (χ1v) is 5.03. The van der Waals surface area contributed by atoms with Crippen LogP contribution in [-0.4, -0.2) is 65.7 Å². The van der Waals surface area contributed by atoms with Crippen LogP contribution in [0, 0.1) is 0 Å². The van der Waals surface area contributed by atoms with Gasteiger partial charge in [-0.2, -0.15) is 0 Å². The molecule has 0 aromatic carbocycles. The van der Waals surface area contributed by atoms with E-state index in [1.165, 1.54) is 7.11 Å². The number of ether oxygens (including phenoxy) is 3. The predicted molar refractivity (Wildman–Crippen MR) is 54.8 cm³/mol. The fourth-order valence-electron chi connectivity index (χ4n) is 1.47. The van der Waals surface area contributed by atoms with E-state index in [4.69, 9.17) is 9.47 Å². The second kappa shape index (κ2) is 6.08. The van der Waals surface area contributed by atoms with Crippen molar-refractivity contribution in [3.8, 4) is 0 Å². The first-order chi connectivity index (χ1) is 8.01. The number of aliphatic hydroxyl groups excluding tert-OH is 3. The largest absolute Gasteiger partial charge is 0.460 e. The molecule has 7 nitrogen and oxygen atoms in total. The standard InChI is InChI=1S/C10H16O7/c1-3-6(11)16-4-5-7(12)8(13)9(14)10(15-2)17-5/h3,5,7-10,12-14H,1,4H2,2H3/t5-,7+,8+,9-,10-/m1/s1. The van der Waals surface area contributed by atoms with E-state index in [1.807, 2.05) is 0 Å². The summed E-state index contributed by atoms with van der Waals surface area (Å²) in [5.41, 5.74) is 0. The summed E-state index contributed by atoms with van der Waals surface area (Å²) in [5.74, 6) is -0.671. The molecule has 0 bridgehead atoms. The molecule has 7 heteroatoms. The van der Waals surface area contributed by atoms with Crippen LogP contribution in [0.4, 0.5) is 0 Å². The molecule has 98 valence electrons. The molecule has 5 atom stereocenters.